The van der Waals surface area contributed by atoms with Gasteiger partial charge in [-0.2, -0.15) is 4.98 Å². The molecule has 1 unspecified atom stereocenters. The number of hydrogen-bond acceptors (Lipinski definition) is 6. The Bertz CT molecular complexity index is 1170. The van der Waals surface area contributed by atoms with Crippen molar-refractivity contribution in [1.82, 2.24) is 14.8 Å². The molecule has 1 amide bonds. The molecular formula is C25H29N5O2S. The van der Waals surface area contributed by atoms with Crippen LogP contribution in [-0.2, 0) is 4.79 Å². The van der Waals surface area contributed by atoms with Gasteiger partial charge in [-0.15, -0.1) is 5.10 Å². The Hall–Kier alpha value is -3.26. The molecule has 8 heteroatoms. The number of methoxy groups -OCH3 is 1. The number of ether oxygens (including phenoxy) is 1. The zero-order chi connectivity index (χ0) is 23.4. The number of thioether (sulfide) groups is 1. The Morgan fingerprint density at radius 3 is 2.64 bits per heavy atom. The molecule has 2 aromatic carbocycles. The lowest BCUT2D eigenvalue weighted by Gasteiger charge is -2.29. The summed E-state index contributed by atoms with van der Waals surface area (Å²) in [6.45, 7) is 6.05. The van der Waals surface area contributed by atoms with Gasteiger partial charge in [-0.25, -0.2) is 4.68 Å². The van der Waals surface area contributed by atoms with Gasteiger partial charge in [0.25, 0.3) is 5.91 Å². The number of anilines is 2. The summed E-state index contributed by atoms with van der Waals surface area (Å²) in [4.78, 5) is 18.3. The number of rotatable bonds is 8. The maximum absolute atomic E-state index is 13.6. The zero-order valence-electron chi connectivity index (χ0n) is 19.4. The molecule has 3 aromatic rings. The van der Waals surface area contributed by atoms with Crippen LogP contribution >= 0.6 is 11.8 Å². The predicted octanol–water partition coefficient (Wildman–Crippen LogP) is 5.41. The molecule has 33 heavy (non-hydrogen) atoms. The van der Waals surface area contributed by atoms with E-state index in [1.54, 1.807) is 18.9 Å². The average molecular weight is 464 g/mol. The largest absolute Gasteiger partial charge is 0.497 e. The monoisotopic (exact) mass is 463 g/mol. The molecule has 0 radical (unpaired) electrons. The van der Waals surface area contributed by atoms with Gasteiger partial charge >= 0.3 is 0 Å². The summed E-state index contributed by atoms with van der Waals surface area (Å²) < 4.78 is 7.15. The molecule has 1 aliphatic heterocycles. The van der Waals surface area contributed by atoms with Gasteiger partial charge in [0.15, 0.2) is 0 Å². The second kappa shape index (κ2) is 10.1. The van der Waals surface area contributed by atoms with E-state index in [4.69, 9.17) is 9.84 Å². The lowest BCUT2D eigenvalue weighted by atomic mass is 9.95. The predicted molar refractivity (Wildman–Crippen MR) is 133 cm³/mol. The van der Waals surface area contributed by atoms with Crippen molar-refractivity contribution in [2.75, 3.05) is 23.5 Å². The molecule has 1 aromatic heterocycles. The maximum Gasteiger partial charge on any atom is 0.255 e. The van der Waals surface area contributed by atoms with Gasteiger partial charge in [-0.3, -0.25) is 4.79 Å². The summed E-state index contributed by atoms with van der Waals surface area (Å²) in [5.41, 5.74) is 4.09. The van der Waals surface area contributed by atoms with E-state index in [0.717, 1.165) is 46.9 Å². The second-order valence-electron chi connectivity index (χ2n) is 7.97. The van der Waals surface area contributed by atoms with Crippen LogP contribution in [0.4, 0.5) is 11.6 Å². The van der Waals surface area contributed by atoms with Crippen LogP contribution in [0.2, 0.25) is 0 Å². The van der Waals surface area contributed by atoms with Crippen LogP contribution in [0.1, 0.15) is 43.9 Å². The van der Waals surface area contributed by atoms with Crippen molar-refractivity contribution in [1.29, 1.82) is 0 Å². The Labute approximate surface area is 198 Å². The highest BCUT2D eigenvalue weighted by Gasteiger charge is 2.34. The first-order valence-electron chi connectivity index (χ1n) is 11.1. The number of fused-ring (bicyclic) bond motifs is 1. The smallest absolute Gasteiger partial charge is 0.255 e. The van der Waals surface area contributed by atoms with Gasteiger partial charge in [0.2, 0.25) is 11.1 Å². The van der Waals surface area contributed by atoms with Gasteiger partial charge in [-0.05, 0) is 49.6 Å². The maximum atomic E-state index is 13.6. The first-order chi connectivity index (χ1) is 16.0. The number of aryl methyl sites for hydroxylation is 1. The van der Waals surface area contributed by atoms with Crippen LogP contribution < -0.4 is 15.4 Å². The van der Waals surface area contributed by atoms with E-state index >= 15 is 0 Å². The fraction of sp³-hybridized carbons (Fsp3) is 0.320. The molecule has 0 bridgehead atoms. The van der Waals surface area contributed by atoms with Crippen molar-refractivity contribution < 1.29 is 9.53 Å². The van der Waals surface area contributed by atoms with Crippen molar-refractivity contribution in [3.63, 3.8) is 0 Å². The molecule has 0 saturated heterocycles. The van der Waals surface area contributed by atoms with E-state index in [0.29, 0.717) is 16.7 Å². The summed E-state index contributed by atoms with van der Waals surface area (Å²) >= 11 is 1.64. The first-order valence-corrected chi connectivity index (χ1v) is 12.1. The molecule has 0 saturated carbocycles. The van der Waals surface area contributed by atoms with Gasteiger partial charge in [0, 0.05) is 17.1 Å². The van der Waals surface area contributed by atoms with E-state index in [2.05, 4.69) is 22.5 Å². The molecule has 7 nitrogen and oxygen atoms in total. The van der Waals surface area contributed by atoms with Crippen LogP contribution in [0.25, 0.3) is 0 Å². The van der Waals surface area contributed by atoms with Crippen LogP contribution in [-0.4, -0.2) is 33.5 Å². The molecule has 2 heterocycles. The number of nitrogens with zero attached hydrogens (tertiary/aromatic N) is 3. The highest BCUT2D eigenvalue weighted by molar-refractivity contribution is 7.99. The lowest BCUT2D eigenvalue weighted by Crippen LogP contribution is -2.31. The Kier molecular flexibility index (Phi) is 7.03. The lowest BCUT2D eigenvalue weighted by molar-refractivity contribution is -0.113. The number of carbonyl (C=O) groups excluding carboxylic acids is 1. The standard InChI is InChI=1S/C25H29N5O2S/c1-5-6-15-33-25-28-24-26-17(3)21(23(31)27-20-10-8-7-9-16(20)2)22(30(24)29-25)18-11-13-19(32-4)14-12-18/h7-14,22H,5-6,15H2,1-4H3,(H,27,31)(H,26,28,29). The Balaban J connectivity index is 1.73. The van der Waals surface area contributed by atoms with E-state index in [9.17, 15) is 4.79 Å². The molecule has 4 rings (SSSR count). The highest BCUT2D eigenvalue weighted by atomic mass is 32.2. The van der Waals surface area contributed by atoms with Gasteiger partial charge in [-0.1, -0.05) is 55.4 Å². The number of unbranched alkanes of at least 4 members (excludes halogenated alkanes) is 1. The SMILES string of the molecule is CCCCSc1nc2n(n1)C(c1ccc(OC)cc1)C(C(=O)Nc1ccccc1C)=C(C)N2. The van der Waals surface area contributed by atoms with E-state index in [-0.39, 0.29) is 5.91 Å². The number of carbonyl (C=O) groups is 1. The van der Waals surface area contributed by atoms with Crippen LogP contribution in [0.15, 0.2) is 65.0 Å². The fourth-order valence-corrected chi connectivity index (χ4v) is 4.70. The van der Waals surface area contributed by atoms with E-state index in [1.165, 1.54) is 0 Å². The fourth-order valence-electron chi connectivity index (χ4n) is 3.79. The topological polar surface area (TPSA) is 81.1 Å². The van der Waals surface area contributed by atoms with Crippen molar-refractivity contribution in [3.8, 4) is 5.75 Å². The number of benzene rings is 2. The third-order valence-corrected chi connectivity index (χ3v) is 6.56. The summed E-state index contributed by atoms with van der Waals surface area (Å²) in [6, 6.07) is 15.1. The number of nitrogens with one attached hydrogen (secondary N) is 2. The number of allylic oxidation sites excluding steroid dienone is 1. The van der Waals surface area contributed by atoms with Gasteiger partial charge in [0.1, 0.15) is 11.8 Å². The quantitative estimate of drug-likeness (QED) is 0.343. The molecular weight excluding hydrogens is 434 g/mol. The summed E-state index contributed by atoms with van der Waals surface area (Å²) in [5, 5.41) is 11.9. The van der Waals surface area contributed by atoms with Crippen molar-refractivity contribution in [2.24, 2.45) is 0 Å². The first kappa shape index (κ1) is 22.9. The van der Waals surface area contributed by atoms with Gasteiger partial charge < -0.3 is 15.4 Å². The third-order valence-electron chi connectivity index (χ3n) is 5.63. The molecule has 1 aliphatic rings. The van der Waals surface area contributed by atoms with Crippen molar-refractivity contribution >= 4 is 29.3 Å². The minimum atomic E-state index is -0.413. The van der Waals surface area contributed by atoms with Crippen LogP contribution in [0, 0.1) is 6.92 Å². The normalized spacial score (nSPS) is 15.1. The average Bonchev–Trinajstić information content (AvgIpc) is 3.22. The summed E-state index contributed by atoms with van der Waals surface area (Å²) in [6.07, 6.45) is 2.22. The minimum absolute atomic E-state index is 0.170. The van der Waals surface area contributed by atoms with Crippen LogP contribution in [0.3, 0.4) is 0 Å². The number of aromatic nitrogens is 3. The van der Waals surface area contributed by atoms with Crippen molar-refractivity contribution in [2.45, 2.75) is 44.8 Å². The molecule has 172 valence electrons. The van der Waals surface area contributed by atoms with E-state index < -0.39 is 6.04 Å². The summed E-state index contributed by atoms with van der Waals surface area (Å²) in [5.74, 6) is 2.19. The van der Waals surface area contributed by atoms with E-state index in [1.807, 2.05) is 67.1 Å². The third kappa shape index (κ3) is 4.90. The minimum Gasteiger partial charge on any atom is -0.497 e. The molecule has 2 N–H and O–H groups in total. The number of amides is 1. The summed E-state index contributed by atoms with van der Waals surface area (Å²) in [7, 11) is 1.64. The molecule has 1 atom stereocenters. The Morgan fingerprint density at radius 2 is 1.94 bits per heavy atom. The second-order valence-corrected chi connectivity index (χ2v) is 9.04. The number of hydrogen-bond donors (Lipinski definition) is 2. The molecule has 0 fully saturated rings. The van der Waals surface area contributed by atoms with Crippen molar-refractivity contribution in [3.05, 3.63) is 70.9 Å². The molecule has 0 aliphatic carbocycles. The van der Waals surface area contributed by atoms with Crippen LogP contribution in [0.5, 0.6) is 5.75 Å². The number of para-hydroxylation sites is 1. The molecule has 0 spiro atoms. The highest BCUT2D eigenvalue weighted by Crippen LogP contribution is 2.37. The Morgan fingerprint density at radius 1 is 1.18 bits per heavy atom. The zero-order valence-corrected chi connectivity index (χ0v) is 20.2. The van der Waals surface area contributed by atoms with Gasteiger partial charge in [0.05, 0.1) is 12.7 Å².